The number of nitro groups is 2. The maximum Gasteiger partial charge on any atom is 0.307 e. The fraction of sp³-hybridized carbons (Fsp3) is 0.462. The van der Waals surface area contributed by atoms with Gasteiger partial charge in [0.15, 0.2) is 0 Å². The maximum absolute atomic E-state index is 11.0. The molecule has 126 valence electrons. The second-order valence-electron chi connectivity index (χ2n) is 4.91. The van der Waals surface area contributed by atoms with Crippen LogP contribution in [0, 0.1) is 26.1 Å². The zero-order valence-corrected chi connectivity index (χ0v) is 12.3. The van der Waals surface area contributed by atoms with Gasteiger partial charge in [0.05, 0.1) is 21.8 Å². The van der Waals surface area contributed by atoms with E-state index < -0.39 is 21.7 Å². The van der Waals surface area contributed by atoms with Crippen molar-refractivity contribution in [2.75, 3.05) is 18.4 Å². The van der Waals surface area contributed by atoms with Crippen LogP contribution in [0.5, 0.6) is 0 Å². The van der Waals surface area contributed by atoms with Crippen LogP contribution in [0.1, 0.15) is 19.3 Å². The second kappa shape index (κ2) is 8.63. The SMILES string of the molecule is NCC(CCCCNc1ccc([N+](=O)[O-])cc1[N+](=O)[O-])C(=O)O. The summed E-state index contributed by atoms with van der Waals surface area (Å²) in [6.45, 7) is 0.451. The molecule has 0 amide bonds. The van der Waals surface area contributed by atoms with Gasteiger partial charge in [0.1, 0.15) is 5.69 Å². The first kappa shape index (κ1) is 18.3. The van der Waals surface area contributed by atoms with Crippen molar-refractivity contribution in [3.63, 3.8) is 0 Å². The Bertz CT molecular complexity index is 592. The molecule has 0 saturated heterocycles. The molecule has 1 unspecified atom stereocenters. The fourth-order valence-electron chi connectivity index (χ4n) is 2.02. The van der Waals surface area contributed by atoms with Crippen LogP contribution >= 0.6 is 0 Å². The van der Waals surface area contributed by atoms with Crippen LogP contribution in [-0.2, 0) is 4.79 Å². The zero-order chi connectivity index (χ0) is 17.4. The number of nitrogens with one attached hydrogen (secondary N) is 1. The molecule has 1 atom stereocenters. The van der Waals surface area contributed by atoms with Crippen LogP contribution in [0.15, 0.2) is 18.2 Å². The van der Waals surface area contributed by atoms with Crippen molar-refractivity contribution in [1.82, 2.24) is 0 Å². The first-order valence-electron chi connectivity index (χ1n) is 6.96. The first-order valence-corrected chi connectivity index (χ1v) is 6.96. The molecule has 1 aromatic rings. The van der Waals surface area contributed by atoms with Gasteiger partial charge in [-0.25, -0.2) is 0 Å². The number of nitrogens with two attached hydrogens (primary N) is 1. The van der Waals surface area contributed by atoms with Crippen molar-refractivity contribution in [2.45, 2.75) is 19.3 Å². The molecule has 0 heterocycles. The average Bonchev–Trinajstić information content (AvgIpc) is 2.50. The van der Waals surface area contributed by atoms with Gasteiger partial charge < -0.3 is 16.2 Å². The van der Waals surface area contributed by atoms with Crippen LogP contribution < -0.4 is 11.1 Å². The van der Waals surface area contributed by atoms with E-state index in [0.717, 1.165) is 6.07 Å². The van der Waals surface area contributed by atoms with Crippen LogP contribution in [-0.4, -0.2) is 34.0 Å². The lowest BCUT2D eigenvalue weighted by Gasteiger charge is -2.10. The Balaban J connectivity index is 2.56. The topological polar surface area (TPSA) is 162 Å². The molecule has 0 aromatic heterocycles. The third-order valence-corrected chi connectivity index (χ3v) is 3.32. The van der Waals surface area contributed by atoms with Crippen LogP contribution in [0.3, 0.4) is 0 Å². The standard InChI is InChI=1S/C13H18N4O6/c14-8-9(13(18)19)3-1-2-6-15-11-5-4-10(16(20)21)7-12(11)17(22)23/h4-5,7,9,15H,1-3,6,8,14H2,(H,18,19). The van der Waals surface area contributed by atoms with E-state index in [1.807, 2.05) is 0 Å². The lowest BCUT2D eigenvalue weighted by molar-refractivity contribution is -0.393. The molecule has 0 aliphatic carbocycles. The van der Waals surface area contributed by atoms with E-state index in [-0.39, 0.29) is 23.6 Å². The number of hydrogen-bond donors (Lipinski definition) is 3. The molecule has 4 N–H and O–H groups in total. The molecule has 1 aromatic carbocycles. The van der Waals surface area contributed by atoms with Gasteiger partial charge in [-0.05, 0) is 18.9 Å². The Morgan fingerprint density at radius 2 is 1.96 bits per heavy atom. The summed E-state index contributed by atoms with van der Waals surface area (Å²) in [4.78, 5) is 31.0. The molecule has 10 nitrogen and oxygen atoms in total. The summed E-state index contributed by atoms with van der Waals surface area (Å²) in [6, 6.07) is 3.37. The van der Waals surface area contributed by atoms with E-state index in [9.17, 15) is 25.0 Å². The van der Waals surface area contributed by atoms with E-state index in [1.165, 1.54) is 12.1 Å². The van der Waals surface area contributed by atoms with Gasteiger partial charge in [-0.15, -0.1) is 0 Å². The van der Waals surface area contributed by atoms with Crippen molar-refractivity contribution in [3.8, 4) is 0 Å². The van der Waals surface area contributed by atoms with Gasteiger partial charge in [0.25, 0.3) is 11.4 Å². The molecule has 0 bridgehead atoms. The summed E-state index contributed by atoms with van der Waals surface area (Å²) in [5.74, 6) is -1.53. The Hall–Kier alpha value is -2.75. The summed E-state index contributed by atoms with van der Waals surface area (Å²) in [5.41, 5.74) is 4.81. The van der Waals surface area contributed by atoms with E-state index in [0.29, 0.717) is 25.8 Å². The summed E-state index contributed by atoms with van der Waals surface area (Å²) in [6.07, 6.45) is 1.62. The van der Waals surface area contributed by atoms with Crippen molar-refractivity contribution in [3.05, 3.63) is 38.4 Å². The minimum absolute atomic E-state index is 0.0661. The molecule has 0 aliphatic heterocycles. The lowest BCUT2D eigenvalue weighted by Crippen LogP contribution is -2.23. The summed E-state index contributed by atoms with van der Waals surface area (Å²) in [7, 11) is 0. The third kappa shape index (κ3) is 5.51. The Morgan fingerprint density at radius 1 is 1.26 bits per heavy atom. The normalized spacial score (nSPS) is 11.7. The number of benzene rings is 1. The largest absolute Gasteiger partial charge is 0.481 e. The van der Waals surface area contributed by atoms with Crippen LogP contribution in [0.4, 0.5) is 17.1 Å². The number of anilines is 1. The summed E-state index contributed by atoms with van der Waals surface area (Å²) in [5, 5.41) is 33.3. The van der Waals surface area contributed by atoms with Crippen molar-refractivity contribution in [2.24, 2.45) is 11.7 Å². The molecule has 0 radical (unpaired) electrons. The monoisotopic (exact) mass is 326 g/mol. The number of nitrogens with zero attached hydrogens (tertiary/aromatic N) is 2. The van der Waals surface area contributed by atoms with Crippen LogP contribution in [0.25, 0.3) is 0 Å². The number of carboxylic acids is 1. The maximum atomic E-state index is 11.0. The third-order valence-electron chi connectivity index (χ3n) is 3.32. The number of unbranched alkanes of at least 4 members (excludes halogenated alkanes) is 1. The van der Waals surface area contributed by atoms with Gasteiger partial charge in [0.2, 0.25) is 0 Å². The van der Waals surface area contributed by atoms with Gasteiger partial charge >= 0.3 is 5.97 Å². The predicted molar refractivity (Wildman–Crippen MR) is 82.3 cm³/mol. The lowest BCUT2D eigenvalue weighted by atomic mass is 10.0. The number of rotatable bonds is 10. The molecule has 10 heteroatoms. The fourth-order valence-corrected chi connectivity index (χ4v) is 2.02. The highest BCUT2D eigenvalue weighted by Crippen LogP contribution is 2.28. The van der Waals surface area contributed by atoms with E-state index in [2.05, 4.69) is 5.32 Å². The minimum Gasteiger partial charge on any atom is -0.481 e. The molecule has 0 fully saturated rings. The zero-order valence-electron chi connectivity index (χ0n) is 12.3. The Morgan fingerprint density at radius 3 is 2.48 bits per heavy atom. The number of carboxylic acid groups (broad SMARTS) is 1. The molecule has 0 saturated carbocycles. The second-order valence-corrected chi connectivity index (χ2v) is 4.91. The smallest absolute Gasteiger partial charge is 0.307 e. The first-order chi connectivity index (χ1) is 10.9. The summed E-state index contributed by atoms with van der Waals surface area (Å²) < 4.78 is 0. The Labute approximate surface area is 131 Å². The molecule has 0 spiro atoms. The van der Waals surface area contributed by atoms with Crippen molar-refractivity contribution in [1.29, 1.82) is 0 Å². The van der Waals surface area contributed by atoms with E-state index >= 15 is 0 Å². The van der Waals surface area contributed by atoms with Crippen LogP contribution in [0.2, 0.25) is 0 Å². The summed E-state index contributed by atoms with van der Waals surface area (Å²) >= 11 is 0. The number of carbonyl (C=O) groups is 1. The Kier molecular flexibility index (Phi) is 6.87. The van der Waals surface area contributed by atoms with Gasteiger partial charge in [-0.3, -0.25) is 25.0 Å². The highest BCUT2D eigenvalue weighted by atomic mass is 16.6. The molecular weight excluding hydrogens is 308 g/mol. The van der Waals surface area contributed by atoms with Gasteiger partial charge in [-0.2, -0.15) is 0 Å². The number of non-ortho nitro benzene ring substituents is 1. The molecule has 0 aliphatic rings. The van der Waals surface area contributed by atoms with E-state index in [4.69, 9.17) is 10.8 Å². The van der Waals surface area contributed by atoms with Gasteiger partial charge in [-0.1, -0.05) is 6.42 Å². The molecule has 1 rings (SSSR count). The van der Waals surface area contributed by atoms with Crippen molar-refractivity contribution >= 4 is 23.0 Å². The number of hydrogen-bond acceptors (Lipinski definition) is 7. The molecule has 23 heavy (non-hydrogen) atoms. The van der Waals surface area contributed by atoms with Crippen molar-refractivity contribution < 1.29 is 19.7 Å². The average molecular weight is 326 g/mol. The highest BCUT2D eigenvalue weighted by molar-refractivity contribution is 5.70. The quantitative estimate of drug-likeness (QED) is 0.332. The predicted octanol–water partition coefficient (Wildman–Crippen LogP) is 1.74. The van der Waals surface area contributed by atoms with E-state index in [1.54, 1.807) is 0 Å². The molecular formula is C13H18N4O6. The highest BCUT2D eigenvalue weighted by Gasteiger charge is 2.19. The minimum atomic E-state index is -0.938. The number of nitro benzene ring substituents is 2. The number of aliphatic carboxylic acids is 1. The van der Waals surface area contributed by atoms with Gasteiger partial charge in [0, 0.05) is 19.2 Å².